The molecule has 0 saturated carbocycles. The molecule has 18 heavy (non-hydrogen) atoms. The first-order valence-corrected chi connectivity index (χ1v) is 6.19. The highest BCUT2D eigenvalue weighted by Crippen LogP contribution is 2.12. The van der Waals surface area contributed by atoms with E-state index in [1.54, 1.807) is 21.3 Å². The Balaban J connectivity index is 2.13. The van der Waals surface area contributed by atoms with E-state index in [9.17, 15) is 0 Å². The van der Waals surface area contributed by atoms with Gasteiger partial charge < -0.3 is 19.5 Å². The van der Waals surface area contributed by atoms with Crippen molar-refractivity contribution in [3.05, 3.63) is 29.8 Å². The molecule has 0 heterocycles. The summed E-state index contributed by atoms with van der Waals surface area (Å²) in [6.45, 7) is 1.67. The molecule has 1 N–H and O–H groups in total. The molecule has 0 spiro atoms. The van der Waals surface area contributed by atoms with E-state index >= 15 is 0 Å². The summed E-state index contributed by atoms with van der Waals surface area (Å²) in [5, 5.41) is 3.31. The van der Waals surface area contributed by atoms with Crippen molar-refractivity contribution in [2.75, 3.05) is 34.4 Å². The van der Waals surface area contributed by atoms with E-state index in [1.165, 1.54) is 5.56 Å². The molecule has 0 unspecified atom stereocenters. The average molecular weight is 253 g/mol. The third-order valence-electron chi connectivity index (χ3n) is 2.81. The molecule has 1 aromatic rings. The lowest BCUT2D eigenvalue weighted by molar-refractivity contribution is -0.0986. The van der Waals surface area contributed by atoms with Crippen LogP contribution < -0.4 is 10.1 Å². The maximum Gasteiger partial charge on any atom is 0.169 e. The van der Waals surface area contributed by atoms with E-state index in [0.717, 1.165) is 31.7 Å². The van der Waals surface area contributed by atoms with Gasteiger partial charge in [0.25, 0.3) is 0 Å². The zero-order valence-corrected chi connectivity index (χ0v) is 11.4. The molecule has 0 radical (unpaired) electrons. The Hall–Kier alpha value is -1.10. The second-order valence-electron chi connectivity index (χ2n) is 4.06. The topological polar surface area (TPSA) is 39.7 Å². The number of rotatable bonds is 9. The van der Waals surface area contributed by atoms with Gasteiger partial charge in [-0.1, -0.05) is 12.1 Å². The third kappa shape index (κ3) is 5.49. The number of benzene rings is 1. The van der Waals surface area contributed by atoms with Crippen LogP contribution in [0, 0.1) is 0 Å². The second-order valence-corrected chi connectivity index (χ2v) is 4.06. The van der Waals surface area contributed by atoms with E-state index in [4.69, 9.17) is 14.2 Å². The Morgan fingerprint density at radius 1 is 1.06 bits per heavy atom. The van der Waals surface area contributed by atoms with E-state index in [0.29, 0.717) is 0 Å². The van der Waals surface area contributed by atoms with E-state index < -0.39 is 0 Å². The average Bonchev–Trinajstić information content (AvgIpc) is 2.43. The molecule has 0 bridgehead atoms. The van der Waals surface area contributed by atoms with Gasteiger partial charge in [-0.25, -0.2) is 0 Å². The number of nitrogens with one attached hydrogen (secondary N) is 1. The number of methoxy groups -OCH3 is 3. The summed E-state index contributed by atoms with van der Waals surface area (Å²) in [5.74, 6) is 0.903. The summed E-state index contributed by atoms with van der Waals surface area (Å²) in [7, 11) is 4.97. The maximum absolute atomic E-state index is 5.12. The number of aryl methyl sites for hydroxylation is 1. The Kier molecular flexibility index (Phi) is 7.41. The number of hydrogen-bond acceptors (Lipinski definition) is 4. The highest BCUT2D eigenvalue weighted by Gasteiger charge is 2.02. The lowest BCUT2D eigenvalue weighted by Crippen LogP contribution is -2.30. The molecule has 0 atom stereocenters. The van der Waals surface area contributed by atoms with Crippen LogP contribution in [0.4, 0.5) is 0 Å². The van der Waals surface area contributed by atoms with Crippen LogP contribution in [0.25, 0.3) is 0 Å². The van der Waals surface area contributed by atoms with Crippen LogP contribution in [-0.4, -0.2) is 40.7 Å². The summed E-state index contributed by atoms with van der Waals surface area (Å²) in [5.41, 5.74) is 1.33. The molecule has 4 heteroatoms. The van der Waals surface area contributed by atoms with Gasteiger partial charge in [0, 0.05) is 20.8 Å². The molecule has 0 aliphatic rings. The summed E-state index contributed by atoms with van der Waals surface area (Å²) >= 11 is 0. The van der Waals surface area contributed by atoms with E-state index in [1.807, 2.05) is 12.1 Å². The normalized spacial score (nSPS) is 10.9. The molecule has 0 aliphatic carbocycles. The van der Waals surface area contributed by atoms with Crippen molar-refractivity contribution in [1.29, 1.82) is 0 Å². The lowest BCUT2D eigenvalue weighted by atomic mass is 10.1. The zero-order valence-electron chi connectivity index (χ0n) is 11.4. The maximum atomic E-state index is 5.12. The minimum absolute atomic E-state index is 0.161. The fourth-order valence-corrected chi connectivity index (χ4v) is 1.69. The second kappa shape index (κ2) is 8.91. The molecule has 4 nitrogen and oxygen atoms in total. The minimum atomic E-state index is -0.161. The fraction of sp³-hybridized carbons (Fsp3) is 0.571. The van der Waals surface area contributed by atoms with E-state index in [2.05, 4.69) is 17.4 Å². The van der Waals surface area contributed by atoms with Gasteiger partial charge in [-0.2, -0.15) is 0 Å². The number of hydrogen-bond donors (Lipinski definition) is 1. The van der Waals surface area contributed by atoms with Crippen LogP contribution in [0.3, 0.4) is 0 Å². The van der Waals surface area contributed by atoms with Gasteiger partial charge in [0.05, 0.1) is 7.11 Å². The van der Waals surface area contributed by atoms with Crippen LogP contribution in [0.15, 0.2) is 24.3 Å². The van der Waals surface area contributed by atoms with E-state index in [-0.39, 0.29) is 6.29 Å². The van der Waals surface area contributed by atoms with Crippen LogP contribution >= 0.6 is 0 Å². The van der Waals surface area contributed by atoms with Crippen molar-refractivity contribution in [3.63, 3.8) is 0 Å². The highest BCUT2D eigenvalue weighted by molar-refractivity contribution is 5.27. The quantitative estimate of drug-likeness (QED) is 0.538. The van der Waals surface area contributed by atoms with Gasteiger partial charge in [-0.3, -0.25) is 0 Å². The summed E-state index contributed by atoms with van der Waals surface area (Å²) in [6, 6.07) is 8.20. The molecular weight excluding hydrogens is 230 g/mol. The fourth-order valence-electron chi connectivity index (χ4n) is 1.69. The predicted molar refractivity (Wildman–Crippen MR) is 72.0 cm³/mol. The molecule has 0 saturated heterocycles. The van der Waals surface area contributed by atoms with Gasteiger partial charge >= 0.3 is 0 Å². The van der Waals surface area contributed by atoms with Crippen molar-refractivity contribution in [1.82, 2.24) is 5.32 Å². The van der Waals surface area contributed by atoms with Crippen molar-refractivity contribution in [2.45, 2.75) is 19.1 Å². The third-order valence-corrected chi connectivity index (χ3v) is 2.81. The smallest absolute Gasteiger partial charge is 0.169 e. The first-order valence-electron chi connectivity index (χ1n) is 6.19. The summed E-state index contributed by atoms with van der Waals surface area (Å²) in [6.07, 6.45) is 1.99. The molecule has 0 amide bonds. The SMILES string of the molecule is COc1ccc(CCCNCC(OC)OC)cc1. The minimum Gasteiger partial charge on any atom is -0.497 e. The highest BCUT2D eigenvalue weighted by atomic mass is 16.7. The van der Waals surface area contributed by atoms with Gasteiger partial charge in [0.2, 0.25) is 0 Å². The largest absolute Gasteiger partial charge is 0.497 e. The molecule has 0 aromatic heterocycles. The first-order chi connectivity index (χ1) is 8.80. The summed E-state index contributed by atoms with van der Waals surface area (Å²) < 4.78 is 15.3. The molecule has 0 aliphatic heterocycles. The Bertz CT molecular complexity index is 309. The lowest BCUT2D eigenvalue weighted by Gasteiger charge is -2.13. The molecule has 0 fully saturated rings. The van der Waals surface area contributed by atoms with Gasteiger partial charge in [0.15, 0.2) is 6.29 Å². The first kappa shape index (κ1) is 15.0. The molecule has 102 valence electrons. The van der Waals surface area contributed by atoms with Crippen LogP contribution in [0.5, 0.6) is 5.75 Å². The standard InChI is InChI=1S/C14H23NO3/c1-16-13-8-6-12(7-9-13)5-4-10-15-11-14(17-2)18-3/h6-9,14-15H,4-5,10-11H2,1-3H3. The molecule has 1 rings (SSSR count). The van der Waals surface area contributed by atoms with Gasteiger partial charge in [0.1, 0.15) is 5.75 Å². The van der Waals surface area contributed by atoms with Gasteiger partial charge in [-0.15, -0.1) is 0 Å². The van der Waals surface area contributed by atoms with Crippen LogP contribution in [-0.2, 0) is 15.9 Å². The Morgan fingerprint density at radius 3 is 2.28 bits per heavy atom. The zero-order chi connectivity index (χ0) is 13.2. The molecule has 1 aromatic carbocycles. The Morgan fingerprint density at radius 2 is 1.72 bits per heavy atom. The van der Waals surface area contributed by atoms with Gasteiger partial charge in [-0.05, 0) is 37.1 Å². The summed E-state index contributed by atoms with van der Waals surface area (Å²) in [4.78, 5) is 0. The number of ether oxygens (including phenoxy) is 3. The van der Waals surface area contributed by atoms with Crippen molar-refractivity contribution >= 4 is 0 Å². The van der Waals surface area contributed by atoms with Crippen molar-refractivity contribution < 1.29 is 14.2 Å². The Labute approximate surface area is 109 Å². The predicted octanol–water partition coefficient (Wildman–Crippen LogP) is 1.84. The van der Waals surface area contributed by atoms with Crippen molar-refractivity contribution in [2.24, 2.45) is 0 Å². The molecular formula is C14H23NO3. The monoisotopic (exact) mass is 253 g/mol. The van der Waals surface area contributed by atoms with Crippen LogP contribution in [0.2, 0.25) is 0 Å². The van der Waals surface area contributed by atoms with Crippen LogP contribution in [0.1, 0.15) is 12.0 Å². The van der Waals surface area contributed by atoms with Crippen molar-refractivity contribution in [3.8, 4) is 5.75 Å².